The van der Waals surface area contributed by atoms with E-state index in [1.54, 1.807) is 17.6 Å². The van der Waals surface area contributed by atoms with E-state index in [4.69, 9.17) is 4.98 Å². The van der Waals surface area contributed by atoms with Crippen LogP contribution in [0.2, 0.25) is 0 Å². The third-order valence-electron chi connectivity index (χ3n) is 5.74. The predicted octanol–water partition coefficient (Wildman–Crippen LogP) is 5.49. The van der Waals surface area contributed by atoms with Crippen LogP contribution in [0.5, 0.6) is 0 Å². The lowest BCUT2D eigenvalue weighted by molar-refractivity contribution is 0.0326. The van der Waals surface area contributed by atoms with E-state index >= 15 is 0 Å². The maximum atomic E-state index is 12.3. The SMILES string of the molecule is C[S@](=O)[C@@H]1CCCC[C@]1(O)CSc1nc(-c2cccs2)cc(-c2ccccc2)c1C#N. The number of hydrogen-bond donors (Lipinski definition) is 1. The van der Waals surface area contributed by atoms with Crippen LogP contribution in [-0.4, -0.2) is 37.2 Å². The van der Waals surface area contributed by atoms with Crippen LogP contribution < -0.4 is 0 Å². The summed E-state index contributed by atoms with van der Waals surface area (Å²) in [5.41, 5.74) is 2.13. The Kier molecular flexibility index (Phi) is 6.92. The van der Waals surface area contributed by atoms with Gasteiger partial charge in [0.15, 0.2) is 0 Å². The van der Waals surface area contributed by atoms with Gasteiger partial charge in [-0.05, 0) is 35.9 Å². The van der Waals surface area contributed by atoms with E-state index in [2.05, 4.69) is 6.07 Å². The van der Waals surface area contributed by atoms with Crippen LogP contribution in [-0.2, 0) is 10.8 Å². The van der Waals surface area contributed by atoms with Gasteiger partial charge in [0, 0.05) is 28.4 Å². The van der Waals surface area contributed by atoms with Crippen molar-refractivity contribution in [2.24, 2.45) is 0 Å². The minimum absolute atomic E-state index is 0.242. The second kappa shape index (κ2) is 9.66. The molecule has 31 heavy (non-hydrogen) atoms. The van der Waals surface area contributed by atoms with Crippen molar-refractivity contribution in [3.8, 4) is 27.8 Å². The molecular formula is C24H24N2O2S3. The molecule has 0 bridgehead atoms. The van der Waals surface area contributed by atoms with Gasteiger partial charge in [0.1, 0.15) is 11.1 Å². The summed E-state index contributed by atoms with van der Waals surface area (Å²) in [6, 6.07) is 18.2. The molecule has 160 valence electrons. The number of rotatable bonds is 6. The number of aromatic nitrogens is 1. The van der Waals surface area contributed by atoms with Crippen molar-refractivity contribution in [2.45, 2.75) is 41.6 Å². The third kappa shape index (κ3) is 4.78. The zero-order chi connectivity index (χ0) is 21.8. The lowest BCUT2D eigenvalue weighted by atomic mass is 9.86. The Balaban J connectivity index is 1.75. The molecule has 0 amide bonds. The summed E-state index contributed by atoms with van der Waals surface area (Å²) < 4.78 is 12.3. The molecule has 0 spiro atoms. The highest BCUT2D eigenvalue weighted by atomic mass is 32.2. The van der Waals surface area contributed by atoms with Gasteiger partial charge in [-0.1, -0.05) is 49.2 Å². The Bertz CT molecular complexity index is 1110. The van der Waals surface area contributed by atoms with Crippen LogP contribution in [0.3, 0.4) is 0 Å². The van der Waals surface area contributed by atoms with Crippen molar-refractivity contribution in [3.63, 3.8) is 0 Å². The molecule has 2 heterocycles. The summed E-state index contributed by atoms with van der Waals surface area (Å²) in [7, 11) is -1.10. The molecule has 1 aliphatic carbocycles. The number of nitriles is 1. The monoisotopic (exact) mass is 468 g/mol. The molecule has 2 aromatic heterocycles. The molecule has 1 fully saturated rings. The number of benzene rings is 1. The first-order valence-corrected chi connectivity index (χ1v) is 13.7. The number of thioether (sulfide) groups is 1. The van der Waals surface area contributed by atoms with E-state index < -0.39 is 16.4 Å². The molecule has 1 saturated carbocycles. The van der Waals surface area contributed by atoms with Gasteiger partial charge >= 0.3 is 0 Å². The highest BCUT2D eigenvalue weighted by molar-refractivity contribution is 7.99. The van der Waals surface area contributed by atoms with Gasteiger partial charge < -0.3 is 5.11 Å². The number of hydrogen-bond acceptors (Lipinski definition) is 6. The van der Waals surface area contributed by atoms with Crippen LogP contribution in [0.1, 0.15) is 31.2 Å². The predicted molar refractivity (Wildman–Crippen MR) is 130 cm³/mol. The molecule has 4 nitrogen and oxygen atoms in total. The van der Waals surface area contributed by atoms with Crippen molar-refractivity contribution >= 4 is 33.9 Å². The Hall–Kier alpha value is -1.98. The number of aliphatic hydroxyl groups is 1. The summed E-state index contributed by atoms with van der Waals surface area (Å²) >= 11 is 3.01. The number of nitrogens with zero attached hydrogens (tertiary/aromatic N) is 2. The zero-order valence-electron chi connectivity index (χ0n) is 17.3. The molecule has 0 saturated heterocycles. The summed E-state index contributed by atoms with van der Waals surface area (Å²) in [4.78, 5) is 5.86. The second-order valence-corrected chi connectivity index (χ2v) is 11.3. The maximum absolute atomic E-state index is 12.3. The lowest BCUT2D eigenvalue weighted by Gasteiger charge is -2.38. The van der Waals surface area contributed by atoms with Gasteiger partial charge in [0.25, 0.3) is 0 Å². The Morgan fingerprint density at radius 2 is 2.10 bits per heavy atom. The quantitative estimate of drug-likeness (QED) is 0.484. The van der Waals surface area contributed by atoms with Gasteiger partial charge in [-0.25, -0.2) is 4.98 Å². The second-order valence-electron chi connectivity index (χ2n) is 7.82. The van der Waals surface area contributed by atoms with Crippen molar-refractivity contribution in [1.82, 2.24) is 4.98 Å². The number of thiophene rings is 1. The third-order valence-corrected chi connectivity index (χ3v) is 9.32. The highest BCUT2D eigenvalue weighted by Gasteiger charge is 2.41. The summed E-state index contributed by atoms with van der Waals surface area (Å²) in [5, 5.41) is 23.7. The molecule has 1 N–H and O–H groups in total. The lowest BCUT2D eigenvalue weighted by Crippen LogP contribution is -2.49. The minimum atomic E-state index is -1.10. The first-order chi connectivity index (χ1) is 15.0. The van der Waals surface area contributed by atoms with E-state index in [-0.39, 0.29) is 5.25 Å². The molecule has 0 aliphatic heterocycles. The molecule has 4 rings (SSSR count). The molecule has 0 unspecified atom stereocenters. The van der Waals surface area contributed by atoms with Gasteiger partial charge in [-0.3, -0.25) is 4.21 Å². The largest absolute Gasteiger partial charge is 0.388 e. The van der Waals surface area contributed by atoms with Crippen LogP contribution in [0.15, 0.2) is 58.9 Å². The van der Waals surface area contributed by atoms with E-state index in [1.807, 2.05) is 53.9 Å². The fraction of sp³-hybridized carbons (Fsp3) is 0.333. The fourth-order valence-electron chi connectivity index (χ4n) is 4.15. The van der Waals surface area contributed by atoms with E-state index in [0.29, 0.717) is 22.8 Å². The summed E-state index contributed by atoms with van der Waals surface area (Å²) in [5.74, 6) is 0.376. The van der Waals surface area contributed by atoms with Crippen molar-refractivity contribution in [3.05, 3.63) is 59.5 Å². The smallest absolute Gasteiger partial charge is 0.115 e. The van der Waals surface area contributed by atoms with Gasteiger partial charge in [-0.2, -0.15) is 5.26 Å². The highest BCUT2D eigenvalue weighted by Crippen LogP contribution is 2.39. The minimum Gasteiger partial charge on any atom is -0.388 e. The van der Waals surface area contributed by atoms with E-state index in [1.165, 1.54) is 11.8 Å². The van der Waals surface area contributed by atoms with E-state index in [9.17, 15) is 14.6 Å². The molecule has 3 aromatic rings. The summed E-state index contributed by atoms with van der Waals surface area (Å²) in [6.45, 7) is 0. The molecule has 1 aliphatic rings. The zero-order valence-corrected chi connectivity index (χ0v) is 19.7. The first kappa shape index (κ1) is 22.2. The van der Waals surface area contributed by atoms with Crippen LogP contribution in [0, 0.1) is 11.3 Å². The number of pyridine rings is 1. The molecule has 0 radical (unpaired) electrons. The van der Waals surface area contributed by atoms with Gasteiger partial charge in [0.05, 0.1) is 27.0 Å². The standard InChI is InChI=1S/C24H24N2O2S3/c1-31(28)22-11-5-6-12-24(22,27)16-30-23-19(15-25)18(17-8-3-2-4-9-17)14-20(26-23)21-10-7-13-29-21/h2-4,7-10,13-14,22,27H,5-6,11-12,16H2,1H3/t22-,24+,31+/m1/s1. The average molecular weight is 469 g/mol. The van der Waals surface area contributed by atoms with Gasteiger partial charge in [0.2, 0.25) is 0 Å². The maximum Gasteiger partial charge on any atom is 0.115 e. The topological polar surface area (TPSA) is 74.0 Å². The Labute approximate surface area is 193 Å². The van der Waals surface area contributed by atoms with Crippen molar-refractivity contribution in [2.75, 3.05) is 12.0 Å². The fourth-order valence-corrected chi connectivity index (χ4v) is 7.46. The summed E-state index contributed by atoms with van der Waals surface area (Å²) in [6.07, 6.45) is 4.99. The average Bonchev–Trinajstić information content (AvgIpc) is 3.33. The Morgan fingerprint density at radius 1 is 1.29 bits per heavy atom. The molecular weight excluding hydrogens is 444 g/mol. The van der Waals surface area contributed by atoms with Crippen molar-refractivity contribution < 1.29 is 9.32 Å². The molecule has 3 atom stereocenters. The normalized spacial score (nSPS) is 22.0. The van der Waals surface area contributed by atoms with Crippen LogP contribution in [0.4, 0.5) is 0 Å². The van der Waals surface area contributed by atoms with E-state index in [0.717, 1.165) is 41.0 Å². The van der Waals surface area contributed by atoms with Crippen LogP contribution in [0.25, 0.3) is 21.7 Å². The molecule has 1 aromatic carbocycles. The first-order valence-electron chi connectivity index (χ1n) is 10.2. The van der Waals surface area contributed by atoms with Crippen LogP contribution >= 0.6 is 23.1 Å². The Morgan fingerprint density at radius 3 is 2.77 bits per heavy atom. The molecule has 7 heteroatoms. The van der Waals surface area contributed by atoms with Gasteiger partial charge in [-0.15, -0.1) is 23.1 Å². The van der Waals surface area contributed by atoms with Crippen molar-refractivity contribution in [1.29, 1.82) is 5.26 Å².